The van der Waals surface area contributed by atoms with Gasteiger partial charge in [0.1, 0.15) is 11.6 Å². The topological polar surface area (TPSA) is 72.2 Å². The molecule has 8 heteroatoms. The smallest absolute Gasteiger partial charge is 0.246 e. The summed E-state index contributed by atoms with van der Waals surface area (Å²) < 4.78 is 51.8. The molecule has 1 unspecified atom stereocenters. The van der Waals surface area contributed by atoms with Crippen molar-refractivity contribution >= 4 is 22.4 Å². The van der Waals surface area contributed by atoms with Crippen molar-refractivity contribution in [2.75, 3.05) is 6.54 Å². The minimum atomic E-state index is -4.17. The van der Waals surface area contributed by atoms with Gasteiger partial charge in [0.25, 0.3) is 0 Å². The Morgan fingerprint density at radius 2 is 1.83 bits per heavy atom. The first-order valence-electron chi connectivity index (χ1n) is 5.04. The standard InChI is InChI=1S/C10H14F2N2O2S.ClH/c1-7(13)5-6-14-17(15,16)10-8(11)3-2-4-9(10)12;/h2-4,7,14H,5-6,13H2,1H3;1H. The van der Waals surface area contributed by atoms with Gasteiger partial charge < -0.3 is 5.73 Å². The van der Waals surface area contributed by atoms with E-state index in [1.165, 1.54) is 0 Å². The van der Waals surface area contributed by atoms with Crippen molar-refractivity contribution in [3.05, 3.63) is 29.8 Å². The van der Waals surface area contributed by atoms with Gasteiger partial charge in [0.2, 0.25) is 10.0 Å². The maximum Gasteiger partial charge on any atom is 0.246 e. The summed E-state index contributed by atoms with van der Waals surface area (Å²) in [6.45, 7) is 1.74. The lowest BCUT2D eigenvalue weighted by molar-refractivity contribution is 0.512. The van der Waals surface area contributed by atoms with Gasteiger partial charge in [-0.15, -0.1) is 12.4 Å². The second kappa shape index (κ2) is 6.98. The summed E-state index contributed by atoms with van der Waals surface area (Å²) >= 11 is 0. The molecule has 0 amide bonds. The van der Waals surface area contributed by atoms with Crippen molar-refractivity contribution in [2.45, 2.75) is 24.3 Å². The normalized spacial score (nSPS) is 12.9. The quantitative estimate of drug-likeness (QED) is 0.863. The van der Waals surface area contributed by atoms with Crippen molar-refractivity contribution < 1.29 is 17.2 Å². The van der Waals surface area contributed by atoms with Crippen LogP contribution in [-0.2, 0) is 10.0 Å². The molecule has 0 aromatic heterocycles. The summed E-state index contributed by atoms with van der Waals surface area (Å²) in [6, 6.07) is 2.70. The first-order valence-corrected chi connectivity index (χ1v) is 6.52. The van der Waals surface area contributed by atoms with Crippen LogP contribution in [0.1, 0.15) is 13.3 Å². The van der Waals surface area contributed by atoms with Gasteiger partial charge in [-0.05, 0) is 25.5 Å². The van der Waals surface area contributed by atoms with E-state index < -0.39 is 26.6 Å². The molecule has 0 spiro atoms. The number of hydrogen-bond donors (Lipinski definition) is 2. The lowest BCUT2D eigenvalue weighted by Crippen LogP contribution is -2.30. The van der Waals surface area contributed by atoms with Crippen molar-refractivity contribution in [1.29, 1.82) is 0 Å². The van der Waals surface area contributed by atoms with E-state index in [0.29, 0.717) is 6.42 Å². The molecular formula is C10H15ClF2N2O2S. The van der Waals surface area contributed by atoms with Crippen LogP contribution in [-0.4, -0.2) is 21.0 Å². The fourth-order valence-electron chi connectivity index (χ4n) is 1.23. The number of nitrogens with two attached hydrogens (primary N) is 1. The largest absolute Gasteiger partial charge is 0.328 e. The highest BCUT2D eigenvalue weighted by atomic mass is 35.5. The number of sulfonamides is 1. The van der Waals surface area contributed by atoms with E-state index in [0.717, 1.165) is 18.2 Å². The van der Waals surface area contributed by atoms with Gasteiger partial charge in [-0.25, -0.2) is 21.9 Å². The SMILES string of the molecule is CC(N)CCNS(=O)(=O)c1c(F)cccc1F.Cl. The van der Waals surface area contributed by atoms with Gasteiger partial charge in [-0.2, -0.15) is 0 Å². The molecule has 0 aliphatic rings. The Bertz CT molecular complexity index is 474. The van der Waals surface area contributed by atoms with Crippen LogP contribution in [0.15, 0.2) is 23.1 Å². The molecule has 18 heavy (non-hydrogen) atoms. The fraction of sp³-hybridized carbons (Fsp3) is 0.400. The molecule has 1 rings (SSSR count). The predicted octanol–water partition coefficient (Wildman–Crippen LogP) is 1.40. The van der Waals surface area contributed by atoms with E-state index in [9.17, 15) is 17.2 Å². The summed E-state index contributed by atoms with van der Waals surface area (Å²) in [5.74, 6) is -2.23. The molecule has 1 aromatic carbocycles. The van der Waals surface area contributed by atoms with Crippen molar-refractivity contribution in [3.8, 4) is 0 Å². The highest BCUT2D eigenvalue weighted by Gasteiger charge is 2.23. The Balaban J connectivity index is 0.00000289. The average Bonchev–Trinajstić information content (AvgIpc) is 2.15. The maximum atomic E-state index is 13.2. The lowest BCUT2D eigenvalue weighted by Gasteiger charge is -2.09. The molecule has 0 saturated carbocycles. The van der Waals surface area contributed by atoms with E-state index in [1.807, 2.05) is 0 Å². The third kappa shape index (κ3) is 4.49. The van der Waals surface area contributed by atoms with E-state index in [4.69, 9.17) is 5.73 Å². The first-order chi connectivity index (χ1) is 7.84. The fourth-order valence-corrected chi connectivity index (χ4v) is 2.41. The van der Waals surface area contributed by atoms with Crippen LogP contribution in [0.2, 0.25) is 0 Å². The third-order valence-corrected chi connectivity index (χ3v) is 3.59. The van der Waals surface area contributed by atoms with Crippen LogP contribution in [0.3, 0.4) is 0 Å². The van der Waals surface area contributed by atoms with E-state index >= 15 is 0 Å². The number of halogens is 3. The average molecular weight is 301 g/mol. The summed E-state index contributed by atoms with van der Waals surface area (Å²) in [7, 11) is -4.17. The van der Waals surface area contributed by atoms with Crippen LogP contribution in [0.25, 0.3) is 0 Å². The molecule has 4 nitrogen and oxygen atoms in total. The zero-order chi connectivity index (χ0) is 13.1. The van der Waals surface area contributed by atoms with Crippen LogP contribution >= 0.6 is 12.4 Å². The van der Waals surface area contributed by atoms with Crippen LogP contribution in [0.4, 0.5) is 8.78 Å². The molecule has 1 atom stereocenters. The van der Waals surface area contributed by atoms with Gasteiger partial charge in [-0.3, -0.25) is 0 Å². The first kappa shape index (κ1) is 17.2. The molecule has 0 saturated heterocycles. The number of benzene rings is 1. The highest BCUT2D eigenvalue weighted by molar-refractivity contribution is 7.89. The molecule has 0 aliphatic carbocycles. The molecule has 0 fully saturated rings. The van der Waals surface area contributed by atoms with Gasteiger partial charge in [0, 0.05) is 12.6 Å². The van der Waals surface area contributed by atoms with Crippen molar-refractivity contribution in [2.24, 2.45) is 5.73 Å². The second-order valence-corrected chi connectivity index (χ2v) is 5.42. The summed E-state index contributed by atoms with van der Waals surface area (Å²) in [5.41, 5.74) is 5.44. The minimum Gasteiger partial charge on any atom is -0.328 e. The molecule has 0 bridgehead atoms. The Morgan fingerprint density at radius 1 is 1.33 bits per heavy atom. The Hall–Kier alpha value is -0.760. The van der Waals surface area contributed by atoms with Crippen molar-refractivity contribution in [1.82, 2.24) is 4.72 Å². The molecule has 0 aliphatic heterocycles. The number of hydrogen-bond acceptors (Lipinski definition) is 3. The predicted molar refractivity (Wildman–Crippen MR) is 67.1 cm³/mol. The monoisotopic (exact) mass is 300 g/mol. The van der Waals surface area contributed by atoms with E-state index in [-0.39, 0.29) is 25.0 Å². The molecule has 1 aromatic rings. The maximum absolute atomic E-state index is 13.2. The molecule has 0 heterocycles. The second-order valence-electron chi connectivity index (χ2n) is 3.71. The van der Waals surface area contributed by atoms with Crippen molar-refractivity contribution in [3.63, 3.8) is 0 Å². The molecule has 0 radical (unpaired) electrons. The molecule has 104 valence electrons. The minimum absolute atomic E-state index is 0. The van der Waals surface area contributed by atoms with E-state index in [1.54, 1.807) is 6.92 Å². The summed E-state index contributed by atoms with van der Waals surface area (Å²) in [6.07, 6.45) is 0.384. The number of rotatable bonds is 5. The highest BCUT2D eigenvalue weighted by Crippen LogP contribution is 2.17. The Morgan fingerprint density at radius 3 is 2.28 bits per heavy atom. The lowest BCUT2D eigenvalue weighted by atomic mass is 10.3. The van der Waals surface area contributed by atoms with Gasteiger partial charge in [0.15, 0.2) is 4.90 Å². The van der Waals surface area contributed by atoms with Crippen LogP contribution in [0.5, 0.6) is 0 Å². The number of nitrogens with one attached hydrogen (secondary N) is 1. The van der Waals surface area contributed by atoms with Gasteiger partial charge in [0.05, 0.1) is 0 Å². The van der Waals surface area contributed by atoms with Crippen LogP contribution in [0, 0.1) is 11.6 Å². The summed E-state index contributed by atoms with van der Waals surface area (Å²) in [4.78, 5) is -0.954. The zero-order valence-corrected chi connectivity index (χ0v) is 11.3. The summed E-state index contributed by atoms with van der Waals surface area (Å²) in [5, 5.41) is 0. The van der Waals surface area contributed by atoms with Crippen LogP contribution < -0.4 is 10.5 Å². The Labute approximate surface area is 111 Å². The van der Waals surface area contributed by atoms with Gasteiger partial charge in [-0.1, -0.05) is 6.07 Å². The van der Waals surface area contributed by atoms with E-state index in [2.05, 4.69) is 4.72 Å². The van der Waals surface area contributed by atoms with Gasteiger partial charge >= 0.3 is 0 Å². The zero-order valence-electron chi connectivity index (χ0n) is 9.69. The third-order valence-electron chi connectivity index (χ3n) is 2.08. The molecular weight excluding hydrogens is 286 g/mol. The Kier molecular flexibility index (Phi) is 6.69. The molecule has 3 N–H and O–H groups in total.